The van der Waals surface area contributed by atoms with Gasteiger partial charge in [0.2, 0.25) is 0 Å². The van der Waals surface area contributed by atoms with E-state index >= 15 is 0 Å². The van der Waals surface area contributed by atoms with Crippen molar-refractivity contribution in [1.82, 2.24) is 4.57 Å². The van der Waals surface area contributed by atoms with Gasteiger partial charge < -0.3 is 4.57 Å². The van der Waals surface area contributed by atoms with Crippen LogP contribution in [0.2, 0.25) is 0 Å². The first kappa shape index (κ1) is 10.0. The molecule has 1 aromatic heterocycles. The molecule has 1 nitrogen and oxygen atoms in total. The Labute approximate surface area is 91.0 Å². The molecule has 15 heavy (non-hydrogen) atoms. The molecule has 2 rings (SSSR count). The first-order chi connectivity index (χ1) is 7.33. The maximum Gasteiger partial charge on any atom is 0.0482 e. The van der Waals surface area contributed by atoms with E-state index in [2.05, 4.69) is 48.5 Å². The van der Waals surface area contributed by atoms with E-state index < -0.39 is 0 Å². The van der Waals surface area contributed by atoms with E-state index in [0.717, 1.165) is 13.0 Å². The van der Waals surface area contributed by atoms with Gasteiger partial charge >= 0.3 is 0 Å². The molecule has 0 aliphatic carbocycles. The van der Waals surface area contributed by atoms with Crippen molar-refractivity contribution < 1.29 is 0 Å². The molecule has 2 aromatic rings. The maximum atomic E-state index is 3.75. The van der Waals surface area contributed by atoms with Crippen LogP contribution in [0.25, 0.3) is 10.9 Å². The number of aromatic nitrogens is 1. The average Bonchev–Trinajstić information content (AvgIpc) is 2.64. The van der Waals surface area contributed by atoms with Gasteiger partial charge in [0, 0.05) is 23.6 Å². The Morgan fingerprint density at radius 1 is 1.33 bits per heavy atom. The molecule has 0 amide bonds. The lowest BCUT2D eigenvalue weighted by Crippen LogP contribution is -1.95. The number of allylic oxidation sites excluding steroid dienone is 1. The minimum Gasteiger partial charge on any atom is -0.347 e. The summed E-state index contributed by atoms with van der Waals surface area (Å²) < 4.78 is 2.33. The number of fused-ring (bicyclic) bond motifs is 1. The second kappa shape index (κ2) is 4.35. The lowest BCUT2D eigenvalue weighted by atomic mass is 10.1. The summed E-state index contributed by atoms with van der Waals surface area (Å²) in [5.41, 5.74) is 2.70. The van der Waals surface area contributed by atoms with Gasteiger partial charge in [0.1, 0.15) is 0 Å². The molecule has 0 aliphatic rings. The van der Waals surface area contributed by atoms with Crippen LogP contribution < -0.4 is 0 Å². The van der Waals surface area contributed by atoms with E-state index in [1.807, 2.05) is 6.08 Å². The molecule has 0 fully saturated rings. The van der Waals surface area contributed by atoms with E-state index in [1.54, 1.807) is 0 Å². The van der Waals surface area contributed by atoms with Gasteiger partial charge in [-0.25, -0.2) is 0 Å². The van der Waals surface area contributed by atoms with E-state index in [-0.39, 0.29) is 0 Å². The van der Waals surface area contributed by atoms with Gasteiger partial charge in [-0.3, -0.25) is 0 Å². The highest BCUT2D eigenvalue weighted by atomic mass is 14.9. The molecule has 0 N–H and O–H groups in total. The third-order valence-electron chi connectivity index (χ3n) is 2.84. The van der Waals surface area contributed by atoms with Gasteiger partial charge in [-0.2, -0.15) is 0 Å². The lowest BCUT2D eigenvalue weighted by molar-refractivity contribution is 0.671. The summed E-state index contributed by atoms with van der Waals surface area (Å²) in [6, 6.07) is 8.69. The van der Waals surface area contributed by atoms with Gasteiger partial charge in [-0.15, -0.1) is 6.58 Å². The first-order valence-corrected chi connectivity index (χ1v) is 5.48. The van der Waals surface area contributed by atoms with Crippen molar-refractivity contribution in [3.8, 4) is 0 Å². The third kappa shape index (κ3) is 1.96. The summed E-state index contributed by atoms with van der Waals surface area (Å²) in [5.74, 6) is 0. The van der Waals surface area contributed by atoms with Crippen LogP contribution in [-0.2, 0) is 6.54 Å². The van der Waals surface area contributed by atoms with Crippen LogP contribution in [0.15, 0.2) is 43.1 Å². The Morgan fingerprint density at radius 3 is 3.00 bits per heavy atom. The van der Waals surface area contributed by atoms with E-state index in [1.165, 1.54) is 22.9 Å². The zero-order valence-corrected chi connectivity index (χ0v) is 9.24. The second-order valence-corrected chi connectivity index (χ2v) is 3.95. The summed E-state index contributed by atoms with van der Waals surface area (Å²) in [4.78, 5) is 0. The summed E-state index contributed by atoms with van der Waals surface area (Å²) in [5, 5.41) is 1.37. The van der Waals surface area contributed by atoms with Gasteiger partial charge in [0.05, 0.1) is 0 Å². The molecule has 0 saturated carbocycles. The molecule has 0 atom stereocenters. The Morgan fingerprint density at radius 2 is 2.20 bits per heavy atom. The number of benzene rings is 1. The van der Waals surface area contributed by atoms with Crippen molar-refractivity contribution in [2.75, 3.05) is 0 Å². The van der Waals surface area contributed by atoms with Crippen molar-refractivity contribution in [3.63, 3.8) is 0 Å². The highest BCUT2D eigenvalue weighted by molar-refractivity contribution is 5.83. The topological polar surface area (TPSA) is 4.93 Å². The lowest BCUT2D eigenvalue weighted by Gasteiger charge is -2.04. The standard InChI is InChI=1S/C14H17N/c1-3-4-5-10-15-11-9-13-12(2)7-6-8-14(13)15/h3,6-9,11H,1,4-5,10H2,2H3. The van der Waals surface area contributed by atoms with Crippen LogP contribution in [0.1, 0.15) is 18.4 Å². The van der Waals surface area contributed by atoms with Crippen molar-refractivity contribution in [2.24, 2.45) is 0 Å². The summed E-state index contributed by atoms with van der Waals surface area (Å²) in [7, 11) is 0. The quantitative estimate of drug-likeness (QED) is 0.519. The number of rotatable bonds is 4. The number of hydrogen-bond donors (Lipinski definition) is 0. The normalized spacial score (nSPS) is 10.7. The molecular weight excluding hydrogens is 182 g/mol. The molecular formula is C14H17N. The maximum absolute atomic E-state index is 3.75. The Hall–Kier alpha value is -1.50. The fraction of sp³-hybridized carbons (Fsp3) is 0.286. The van der Waals surface area contributed by atoms with E-state index in [0.29, 0.717) is 0 Å². The zero-order chi connectivity index (χ0) is 10.7. The molecule has 0 unspecified atom stereocenters. The predicted molar refractivity (Wildman–Crippen MR) is 66.1 cm³/mol. The van der Waals surface area contributed by atoms with Gasteiger partial charge in [-0.1, -0.05) is 18.2 Å². The van der Waals surface area contributed by atoms with Crippen molar-refractivity contribution in [2.45, 2.75) is 26.3 Å². The fourth-order valence-corrected chi connectivity index (χ4v) is 1.98. The molecule has 0 aliphatic heterocycles. The summed E-state index contributed by atoms with van der Waals surface area (Å²) in [6.07, 6.45) is 6.42. The second-order valence-electron chi connectivity index (χ2n) is 3.95. The molecule has 0 bridgehead atoms. The Kier molecular flexibility index (Phi) is 2.91. The zero-order valence-electron chi connectivity index (χ0n) is 9.24. The van der Waals surface area contributed by atoms with Crippen molar-refractivity contribution in [1.29, 1.82) is 0 Å². The largest absolute Gasteiger partial charge is 0.347 e. The van der Waals surface area contributed by atoms with E-state index in [9.17, 15) is 0 Å². The Bertz CT molecular complexity index is 465. The molecule has 1 aromatic carbocycles. The molecule has 78 valence electrons. The molecule has 1 heterocycles. The smallest absolute Gasteiger partial charge is 0.0482 e. The monoisotopic (exact) mass is 199 g/mol. The van der Waals surface area contributed by atoms with Crippen molar-refractivity contribution in [3.05, 3.63) is 48.7 Å². The van der Waals surface area contributed by atoms with Gasteiger partial charge in [0.25, 0.3) is 0 Å². The number of unbranched alkanes of at least 4 members (excludes halogenated alkanes) is 1. The van der Waals surface area contributed by atoms with Crippen LogP contribution in [0, 0.1) is 6.92 Å². The Balaban J connectivity index is 2.28. The van der Waals surface area contributed by atoms with Crippen LogP contribution in [0.4, 0.5) is 0 Å². The van der Waals surface area contributed by atoms with E-state index in [4.69, 9.17) is 0 Å². The SMILES string of the molecule is C=CCCCn1ccc2c(C)cccc21. The van der Waals surface area contributed by atoms with Crippen LogP contribution in [0.5, 0.6) is 0 Å². The van der Waals surface area contributed by atoms with Crippen molar-refractivity contribution >= 4 is 10.9 Å². The summed E-state index contributed by atoms with van der Waals surface area (Å²) in [6.45, 7) is 6.99. The molecule has 0 spiro atoms. The molecule has 1 heteroatoms. The highest BCUT2D eigenvalue weighted by Gasteiger charge is 2.01. The van der Waals surface area contributed by atoms with Gasteiger partial charge in [0.15, 0.2) is 0 Å². The minimum absolute atomic E-state index is 1.08. The first-order valence-electron chi connectivity index (χ1n) is 5.48. The average molecular weight is 199 g/mol. The number of hydrogen-bond acceptors (Lipinski definition) is 0. The number of nitrogens with zero attached hydrogens (tertiary/aromatic N) is 1. The third-order valence-corrected chi connectivity index (χ3v) is 2.84. The van der Waals surface area contributed by atoms with Crippen LogP contribution >= 0.6 is 0 Å². The number of aryl methyl sites for hydroxylation is 2. The van der Waals surface area contributed by atoms with Crippen LogP contribution in [-0.4, -0.2) is 4.57 Å². The molecule has 0 saturated heterocycles. The minimum atomic E-state index is 1.08. The van der Waals surface area contributed by atoms with Gasteiger partial charge in [-0.05, 0) is 37.5 Å². The predicted octanol–water partition coefficient (Wildman–Crippen LogP) is 3.92. The fourth-order valence-electron chi connectivity index (χ4n) is 1.98. The van der Waals surface area contributed by atoms with Crippen LogP contribution in [0.3, 0.4) is 0 Å². The highest BCUT2D eigenvalue weighted by Crippen LogP contribution is 2.19. The molecule has 0 radical (unpaired) electrons. The summed E-state index contributed by atoms with van der Waals surface area (Å²) >= 11 is 0.